The van der Waals surface area contributed by atoms with Crippen LogP contribution in [0.3, 0.4) is 0 Å². The molecule has 0 aromatic rings. The van der Waals surface area contributed by atoms with Gasteiger partial charge in [0.15, 0.2) is 6.10 Å². The molecule has 0 amide bonds. The molecule has 552 valence electrons. The van der Waals surface area contributed by atoms with Crippen LogP contribution in [-0.2, 0) is 32.7 Å². The molecule has 0 aliphatic heterocycles. The summed E-state index contributed by atoms with van der Waals surface area (Å²) in [5.74, 6) is -0.822. The van der Waals surface area contributed by atoms with E-state index in [-0.39, 0.29) is 32.0 Å². The molecule has 0 aliphatic rings. The van der Waals surface area contributed by atoms with Crippen LogP contribution in [0.4, 0.5) is 0 Å². The minimum atomic E-state index is -4.65. The zero-order valence-electron chi connectivity index (χ0n) is 63.0. The maximum absolute atomic E-state index is 12.9. The summed E-state index contributed by atoms with van der Waals surface area (Å²) in [7, 11) is 1.17. The van der Waals surface area contributed by atoms with Crippen molar-refractivity contribution >= 4 is 19.8 Å². The highest BCUT2D eigenvalue weighted by Gasteiger charge is 2.22. The van der Waals surface area contributed by atoms with Crippen LogP contribution >= 0.6 is 7.82 Å². The van der Waals surface area contributed by atoms with Gasteiger partial charge in [-0.1, -0.05) is 359 Å². The van der Waals surface area contributed by atoms with Crippen molar-refractivity contribution in [1.82, 2.24) is 0 Å². The molecule has 0 saturated heterocycles. The monoisotopic (exact) mass is 1360 g/mol. The number of phosphoric ester groups is 1. The molecule has 9 nitrogen and oxygen atoms in total. The van der Waals surface area contributed by atoms with Gasteiger partial charge in [0.1, 0.15) is 19.8 Å². The lowest BCUT2D eigenvalue weighted by atomic mass is 10.0. The van der Waals surface area contributed by atoms with Crippen LogP contribution in [0.25, 0.3) is 0 Å². The topological polar surface area (TPSA) is 111 Å². The van der Waals surface area contributed by atoms with Gasteiger partial charge in [-0.3, -0.25) is 14.2 Å². The first-order valence-corrected chi connectivity index (χ1v) is 41.4. The Kier molecular flexibility index (Phi) is 72.3. The van der Waals surface area contributed by atoms with Gasteiger partial charge >= 0.3 is 11.9 Å². The number of allylic oxidation sites excluding steroid dienone is 22. The molecule has 0 fully saturated rings. The third kappa shape index (κ3) is 79.1. The molecule has 0 saturated carbocycles. The first-order chi connectivity index (χ1) is 47.0. The van der Waals surface area contributed by atoms with Crippen molar-refractivity contribution < 1.29 is 42.1 Å². The fourth-order valence-corrected chi connectivity index (χ4v) is 11.9. The number of unbranched alkanes of at least 4 members (excludes halogenated alkanes) is 37. The average Bonchev–Trinajstić information content (AvgIpc) is 1.98. The molecule has 0 aromatic heterocycles. The third-order valence-electron chi connectivity index (χ3n) is 17.2. The smallest absolute Gasteiger partial charge is 0.306 e. The zero-order chi connectivity index (χ0) is 69.7. The lowest BCUT2D eigenvalue weighted by molar-refractivity contribution is -0.870. The molecule has 0 heterocycles. The summed E-state index contributed by atoms with van der Waals surface area (Å²) in [6.07, 6.45) is 110. The van der Waals surface area contributed by atoms with Crippen LogP contribution in [0.5, 0.6) is 0 Å². The number of carbonyl (C=O) groups is 2. The minimum absolute atomic E-state index is 0.0329. The molecule has 96 heavy (non-hydrogen) atoms. The fourth-order valence-electron chi connectivity index (χ4n) is 11.2. The summed E-state index contributed by atoms with van der Waals surface area (Å²) in [4.78, 5) is 38.2. The van der Waals surface area contributed by atoms with E-state index < -0.39 is 26.5 Å². The van der Waals surface area contributed by atoms with Gasteiger partial charge in [0.05, 0.1) is 27.7 Å². The number of esters is 2. The van der Waals surface area contributed by atoms with Crippen LogP contribution in [0.1, 0.15) is 348 Å². The Morgan fingerprint density at radius 3 is 0.833 bits per heavy atom. The van der Waals surface area contributed by atoms with Gasteiger partial charge in [-0.2, -0.15) is 0 Å². The van der Waals surface area contributed by atoms with Crippen molar-refractivity contribution in [3.63, 3.8) is 0 Å². The highest BCUT2D eigenvalue weighted by molar-refractivity contribution is 7.45. The van der Waals surface area contributed by atoms with Crippen molar-refractivity contribution in [1.29, 1.82) is 0 Å². The second kappa shape index (κ2) is 75.4. The predicted molar refractivity (Wildman–Crippen MR) is 415 cm³/mol. The predicted octanol–water partition coefficient (Wildman–Crippen LogP) is 26.1. The summed E-state index contributed by atoms with van der Waals surface area (Å²) in [6.45, 7) is 4.05. The normalized spacial score (nSPS) is 13.8. The zero-order valence-corrected chi connectivity index (χ0v) is 63.9. The van der Waals surface area contributed by atoms with Gasteiger partial charge < -0.3 is 27.9 Å². The SMILES string of the molecule is CC/C=C\C/C=C\C/C=C\C/C=C\C/C=C\C/C=C\C/C=C\CCCCCCCCCCCCCCCCCCCC(=O)OC(COC(=O)CCCCCCCCCCCCCCCCCCCCCC/C=C\C/C=C\C/C=C\C/C=C\CC)COP(=O)([O-])OCC[N+](C)(C)C. The minimum Gasteiger partial charge on any atom is -0.756 e. The first-order valence-electron chi connectivity index (χ1n) is 39.9. The quantitative estimate of drug-likeness (QED) is 0.0195. The van der Waals surface area contributed by atoms with Crippen LogP contribution in [0.15, 0.2) is 134 Å². The summed E-state index contributed by atoms with van der Waals surface area (Å²) >= 11 is 0. The Hall–Kier alpha value is -3.85. The van der Waals surface area contributed by atoms with E-state index in [1.165, 1.54) is 205 Å². The third-order valence-corrected chi connectivity index (χ3v) is 18.1. The fraction of sp³-hybridized carbons (Fsp3) is 0.721. The molecule has 0 radical (unpaired) electrons. The second-order valence-corrected chi connectivity index (χ2v) is 29.1. The van der Waals surface area contributed by atoms with Crippen LogP contribution < -0.4 is 4.89 Å². The maximum atomic E-state index is 12.9. The summed E-state index contributed by atoms with van der Waals surface area (Å²) < 4.78 is 34.4. The summed E-state index contributed by atoms with van der Waals surface area (Å²) in [5, 5.41) is 0. The van der Waals surface area contributed by atoms with E-state index in [0.717, 1.165) is 109 Å². The van der Waals surface area contributed by atoms with E-state index in [9.17, 15) is 19.0 Å². The van der Waals surface area contributed by atoms with Crippen molar-refractivity contribution in [3.05, 3.63) is 134 Å². The molecular formula is C86H150NO8P. The summed E-state index contributed by atoms with van der Waals surface area (Å²) in [5.41, 5.74) is 0. The van der Waals surface area contributed by atoms with Gasteiger partial charge in [-0.05, 0) is 109 Å². The lowest BCUT2D eigenvalue weighted by Crippen LogP contribution is -2.37. The molecule has 2 atom stereocenters. The summed E-state index contributed by atoms with van der Waals surface area (Å²) in [6, 6.07) is 0. The number of carbonyl (C=O) groups excluding carboxylic acids is 2. The van der Waals surface area contributed by atoms with Crippen molar-refractivity contribution in [2.24, 2.45) is 0 Å². The molecular weight excluding hydrogens is 1210 g/mol. The molecule has 2 unspecified atom stereocenters. The van der Waals surface area contributed by atoms with Gasteiger partial charge in [-0.15, -0.1) is 0 Å². The highest BCUT2D eigenvalue weighted by Crippen LogP contribution is 2.38. The Morgan fingerprint density at radius 1 is 0.323 bits per heavy atom. The van der Waals surface area contributed by atoms with Crippen molar-refractivity contribution in [3.8, 4) is 0 Å². The molecule has 0 aliphatic carbocycles. The van der Waals surface area contributed by atoms with Crippen LogP contribution in [0, 0.1) is 0 Å². The van der Waals surface area contributed by atoms with E-state index in [1.807, 2.05) is 21.1 Å². The molecule has 0 spiro atoms. The van der Waals surface area contributed by atoms with E-state index >= 15 is 0 Å². The molecule has 0 bridgehead atoms. The van der Waals surface area contributed by atoms with Crippen molar-refractivity contribution in [2.75, 3.05) is 47.5 Å². The van der Waals surface area contributed by atoms with E-state index in [1.54, 1.807) is 0 Å². The number of likely N-dealkylation sites (N-methyl/N-ethyl adjacent to an activating group) is 1. The number of phosphoric acid groups is 1. The van der Waals surface area contributed by atoms with Crippen molar-refractivity contribution in [2.45, 2.75) is 354 Å². The maximum Gasteiger partial charge on any atom is 0.306 e. The average molecular weight is 1360 g/mol. The standard InChI is InChI=1S/C86H150NO8P/c1-6-8-10-12-14-16-18-20-22-24-26-28-30-32-34-36-38-40-41-42-43-44-45-47-49-51-53-55-57-59-61-63-65-67-69-71-73-75-77-79-86(89)95-84(83-94-96(90,91)93-81-80-87(3,4)5)82-92-85(88)78-76-74-72-70-68-66-64-62-60-58-56-54-52-50-48-46-39-37-35-33-31-29-27-25-23-21-19-17-15-13-11-9-7-2/h8-11,14-17,20-23,26-29,32,34,38,40,42-43,84H,6-7,12-13,18-19,24-25,30-31,33,35-37,39,41,44-83H2,1-5H3/b10-8-,11-9-,16-14-,17-15-,22-20-,23-21-,28-26-,29-27-,34-32-,40-38-,43-42-. The molecule has 0 rings (SSSR count). The van der Waals surface area contributed by atoms with E-state index in [0.29, 0.717) is 17.4 Å². The lowest BCUT2D eigenvalue weighted by Gasteiger charge is -2.28. The number of nitrogens with zero attached hydrogens (tertiary/aromatic N) is 1. The van der Waals surface area contributed by atoms with Gasteiger partial charge in [0.2, 0.25) is 0 Å². The number of rotatable bonds is 73. The molecule has 10 heteroatoms. The number of ether oxygens (including phenoxy) is 2. The second-order valence-electron chi connectivity index (χ2n) is 27.7. The number of quaternary nitrogens is 1. The Balaban J connectivity index is 3.96. The molecule has 0 N–H and O–H groups in total. The van der Waals surface area contributed by atoms with Crippen LogP contribution in [-0.4, -0.2) is 70.0 Å². The number of hydrogen-bond acceptors (Lipinski definition) is 8. The van der Waals surface area contributed by atoms with E-state index in [4.69, 9.17) is 18.5 Å². The number of hydrogen-bond donors (Lipinski definition) is 0. The van der Waals surface area contributed by atoms with Crippen LogP contribution in [0.2, 0.25) is 0 Å². The largest absolute Gasteiger partial charge is 0.756 e. The first kappa shape index (κ1) is 92.2. The van der Waals surface area contributed by atoms with Gasteiger partial charge in [0.25, 0.3) is 7.82 Å². The molecule has 0 aromatic carbocycles. The highest BCUT2D eigenvalue weighted by atomic mass is 31.2. The Labute approximate surface area is 593 Å². The Bertz CT molecular complexity index is 2090. The van der Waals surface area contributed by atoms with Gasteiger partial charge in [-0.25, -0.2) is 0 Å². The Morgan fingerprint density at radius 2 is 0.562 bits per heavy atom. The van der Waals surface area contributed by atoms with E-state index in [2.05, 4.69) is 148 Å². The van der Waals surface area contributed by atoms with Gasteiger partial charge in [0, 0.05) is 12.8 Å².